The molecule has 0 bridgehead atoms. The van der Waals surface area contributed by atoms with Crippen molar-refractivity contribution in [2.75, 3.05) is 31.7 Å². The number of benzene rings is 1. The van der Waals surface area contributed by atoms with Gasteiger partial charge in [0, 0.05) is 43.0 Å². The summed E-state index contributed by atoms with van der Waals surface area (Å²) in [6.07, 6.45) is 4.70. The van der Waals surface area contributed by atoms with Crippen molar-refractivity contribution in [3.63, 3.8) is 0 Å². The molecule has 4 heterocycles. The van der Waals surface area contributed by atoms with E-state index in [0.29, 0.717) is 17.1 Å². The van der Waals surface area contributed by atoms with E-state index < -0.39 is 0 Å². The Morgan fingerprint density at radius 3 is 2.79 bits per heavy atom. The molecule has 1 atom stereocenters. The van der Waals surface area contributed by atoms with Gasteiger partial charge in [-0.3, -0.25) is 4.57 Å². The van der Waals surface area contributed by atoms with Crippen molar-refractivity contribution in [1.82, 2.24) is 14.8 Å². The quantitative estimate of drug-likeness (QED) is 0.377. The van der Waals surface area contributed by atoms with Crippen molar-refractivity contribution < 1.29 is 13.9 Å². The lowest BCUT2D eigenvalue weighted by Crippen LogP contribution is -2.35. The fourth-order valence-electron chi connectivity index (χ4n) is 4.58. The molecule has 0 saturated carbocycles. The lowest BCUT2D eigenvalue weighted by molar-refractivity contribution is 0.0951. The van der Waals surface area contributed by atoms with Crippen LogP contribution in [0.25, 0.3) is 11.0 Å². The molecule has 5 rings (SSSR count). The minimum absolute atomic E-state index is 0.194. The van der Waals surface area contributed by atoms with Gasteiger partial charge < -0.3 is 18.8 Å². The Bertz CT molecular complexity index is 1160. The number of hydrogen-bond donors (Lipinski definition) is 0. The first kappa shape index (κ1) is 22.3. The first-order valence-corrected chi connectivity index (χ1v) is 12.6. The topological polar surface area (TPSA) is 82.6 Å². The molecule has 8 nitrogen and oxygen atoms in total. The normalized spacial score (nSPS) is 19.5. The molecule has 2 fully saturated rings. The van der Waals surface area contributed by atoms with E-state index in [0.717, 1.165) is 67.1 Å². The van der Waals surface area contributed by atoms with Gasteiger partial charge in [-0.15, -0.1) is 10.2 Å². The predicted molar refractivity (Wildman–Crippen MR) is 128 cm³/mol. The van der Waals surface area contributed by atoms with Crippen LogP contribution < -0.4 is 15.3 Å². The number of anilines is 1. The smallest absolute Gasteiger partial charge is 0.336 e. The molecule has 0 N–H and O–H groups in total. The molecule has 3 aromatic rings. The maximum absolute atomic E-state index is 12.2. The number of rotatable bonds is 7. The maximum atomic E-state index is 12.2. The number of ether oxygens (including phenoxy) is 2. The van der Waals surface area contributed by atoms with E-state index in [1.54, 1.807) is 31.0 Å². The van der Waals surface area contributed by atoms with Crippen molar-refractivity contribution in [2.24, 2.45) is 5.92 Å². The van der Waals surface area contributed by atoms with Crippen molar-refractivity contribution in [3.05, 3.63) is 40.2 Å². The molecule has 2 aliphatic heterocycles. The third-order valence-electron chi connectivity index (χ3n) is 6.57. The summed E-state index contributed by atoms with van der Waals surface area (Å²) in [5.41, 5.74) is 1.07. The van der Waals surface area contributed by atoms with Crippen LogP contribution in [0, 0.1) is 5.92 Å². The van der Waals surface area contributed by atoms with Crippen LogP contribution in [0.3, 0.4) is 0 Å². The Labute approximate surface area is 197 Å². The highest BCUT2D eigenvalue weighted by Crippen LogP contribution is 2.31. The zero-order valence-corrected chi connectivity index (χ0v) is 20.0. The number of aromatic nitrogens is 3. The molecule has 2 aliphatic rings. The number of hydrogen-bond acceptors (Lipinski definition) is 8. The summed E-state index contributed by atoms with van der Waals surface area (Å²) in [6, 6.07) is 7.13. The van der Waals surface area contributed by atoms with Crippen LogP contribution in [0.4, 0.5) is 5.95 Å². The van der Waals surface area contributed by atoms with Gasteiger partial charge in [0.25, 0.3) is 0 Å². The Morgan fingerprint density at radius 2 is 2.03 bits per heavy atom. The number of fused-ring (bicyclic) bond motifs is 1. The second kappa shape index (κ2) is 9.77. The third-order valence-corrected chi connectivity index (χ3v) is 7.58. The zero-order chi connectivity index (χ0) is 22.8. The summed E-state index contributed by atoms with van der Waals surface area (Å²) in [5, 5.41) is 10.9. The molecule has 0 amide bonds. The van der Waals surface area contributed by atoms with Gasteiger partial charge in [0.05, 0.1) is 19.8 Å². The van der Waals surface area contributed by atoms with E-state index in [9.17, 15) is 4.79 Å². The lowest BCUT2D eigenvalue weighted by atomic mass is 10.00. The maximum Gasteiger partial charge on any atom is 0.336 e. The SMILES string of the molecule is COc1ccc2c(CSc3nnc(N4CCC(C)CC4)n3CC3CCCO3)cc(=O)oc2c1. The molecule has 0 spiro atoms. The van der Waals surface area contributed by atoms with Crippen molar-refractivity contribution in [3.8, 4) is 5.75 Å². The van der Waals surface area contributed by atoms with Crippen LogP contribution in [0.2, 0.25) is 0 Å². The van der Waals surface area contributed by atoms with Crippen molar-refractivity contribution in [1.29, 1.82) is 0 Å². The second-order valence-corrected chi connectivity index (χ2v) is 9.88. The molecule has 1 aromatic carbocycles. The average Bonchev–Trinajstić information content (AvgIpc) is 3.48. The van der Waals surface area contributed by atoms with Gasteiger partial charge in [-0.05, 0) is 49.3 Å². The van der Waals surface area contributed by atoms with Gasteiger partial charge in [0.1, 0.15) is 11.3 Å². The molecule has 2 saturated heterocycles. The Hall–Kier alpha value is -2.52. The van der Waals surface area contributed by atoms with Crippen LogP contribution >= 0.6 is 11.8 Å². The molecule has 2 aromatic heterocycles. The van der Waals surface area contributed by atoms with E-state index in [1.807, 2.05) is 12.1 Å². The molecular formula is C24H30N4O4S. The largest absolute Gasteiger partial charge is 0.497 e. The fraction of sp³-hybridized carbons (Fsp3) is 0.542. The van der Waals surface area contributed by atoms with Gasteiger partial charge in [0.2, 0.25) is 5.95 Å². The summed E-state index contributed by atoms with van der Waals surface area (Å²) in [5.74, 6) is 2.94. The number of piperidine rings is 1. The van der Waals surface area contributed by atoms with E-state index in [4.69, 9.17) is 13.9 Å². The van der Waals surface area contributed by atoms with Gasteiger partial charge in [-0.2, -0.15) is 0 Å². The Balaban J connectivity index is 1.41. The highest BCUT2D eigenvalue weighted by molar-refractivity contribution is 7.98. The lowest BCUT2D eigenvalue weighted by Gasteiger charge is -2.31. The molecule has 0 radical (unpaired) electrons. The summed E-state index contributed by atoms with van der Waals surface area (Å²) in [7, 11) is 1.60. The summed E-state index contributed by atoms with van der Waals surface area (Å²) in [4.78, 5) is 14.5. The second-order valence-electron chi connectivity index (χ2n) is 8.94. The Morgan fingerprint density at radius 1 is 1.18 bits per heavy atom. The van der Waals surface area contributed by atoms with Gasteiger partial charge in [0.15, 0.2) is 5.16 Å². The molecule has 1 unspecified atom stereocenters. The van der Waals surface area contributed by atoms with Crippen LogP contribution in [-0.4, -0.2) is 47.7 Å². The van der Waals surface area contributed by atoms with Crippen LogP contribution in [-0.2, 0) is 17.0 Å². The first-order chi connectivity index (χ1) is 16.1. The fourth-order valence-corrected chi connectivity index (χ4v) is 5.51. The van der Waals surface area contributed by atoms with Crippen LogP contribution in [0.1, 0.15) is 38.2 Å². The number of nitrogens with zero attached hydrogens (tertiary/aromatic N) is 4. The summed E-state index contributed by atoms with van der Waals surface area (Å²) >= 11 is 1.60. The molecular weight excluding hydrogens is 440 g/mol. The predicted octanol–water partition coefficient (Wildman–Crippen LogP) is 4.10. The summed E-state index contributed by atoms with van der Waals surface area (Å²) < 4.78 is 18.8. The minimum atomic E-state index is -0.365. The van der Waals surface area contributed by atoms with Crippen LogP contribution in [0.5, 0.6) is 5.75 Å². The van der Waals surface area contributed by atoms with Crippen molar-refractivity contribution >= 4 is 28.7 Å². The van der Waals surface area contributed by atoms with E-state index >= 15 is 0 Å². The van der Waals surface area contributed by atoms with Crippen LogP contribution in [0.15, 0.2) is 38.6 Å². The third kappa shape index (κ3) is 4.89. The minimum Gasteiger partial charge on any atom is -0.497 e. The van der Waals surface area contributed by atoms with Gasteiger partial charge >= 0.3 is 5.63 Å². The van der Waals surface area contributed by atoms with Crippen molar-refractivity contribution in [2.45, 2.75) is 56.2 Å². The number of methoxy groups -OCH3 is 1. The average molecular weight is 471 g/mol. The van der Waals surface area contributed by atoms with E-state index in [1.165, 1.54) is 12.8 Å². The summed E-state index contributed by atoms with van der Waals surface area (Å²) in [6.45, 7) is 5.89. The standard InChI is InChI=1S/C24H30N4O4S/c1-16-7-9-27(10-8-16)23-25-26-24(28(23)14-19-4-3-11-31-19)33-15-17-12-22(29)32-21-13-18(30-2)5-6-20(17)21/h5-6,12-13,16,19H,3-4,7-11,14-15H2,1-2H3. The number of thioether (sulfide) groups is 1. The molecule has 0 aliphatic carbocycles. The van der Waals surface area contributed by atoms with E-state index in [-0.39, 0.29) is 11.7 Å². The highest BCUT2D eigenvalue weighted by atomic mass is 32.2. The molecule has 33 heavy (non-hydrogen) atoms. The van der Waals surface area contributed by atoms with Gasteiger partial charge in [-0.1, -0.05) is 18.7 Å². The van der Waals surface area contributed by atoms with Gasteiger partial charge in [-0.25, -0.2) is 4.79 Å². The Kier molecular flexibility index (Phi) is 6.59. The highest BCUT2D eigenvalue weighted by Gasteiger charge is 2.26. The first-order valence-electron chi connectivity index (χ1n) is 11.6. The zero-order valence-electron chi connectivity index (χ0n) is 19.2. The molecule has 176 valence electrons. The monoisotopic (exact) mass is 470 g/mol. The molecule has 9 heteroatoms. The van der Waals surface area contributed by atoms with E-state index in [2.05, 4.69) is 26.6 Å².